The first-order valence-corrected chi connectivity index (χ1v) is 7.48. The minimum Gasteiger partial charge on any atom is -0.355 e. The maximum Gasteiger partial charge on any atom is 0.219 e. The summed E-state index contributed by atoms with van der Waals surface area (Å²) in [4.78, 5) is 13.2. The molecule has 5 nitrogen and oxygen atoms in total. The summed E-state index contributed by atoms with van der Waals surface area (Å²) in [6.07, 6.45) is -0.854. The highest BCUT2D eigenvalue weighted by molar-refractivity contribution is 5.60. The van der Waals surface area contributed by atoms with Gasteiger partial charge in [-0.25, -0.2) is 4.90 Å². The van der Waals surface area contributed by atoms with E-state index >= 15 is 0 Å². The first kappa shape index (κ1) is 17.1. The van der Waals surface area contributed by atoms with Gasteiger partial charge >= 0.3 is 0 Å². The number of benzene rings is 1. The van der Waals surface area contributed by atoms with Crippen LogP contribution in [0.3, 0.4) is 0 Å². The Labute approximate surface area is 131 Å². The minimum absolute atomic E-state index is 0.438. The SMILES string of the molecule is CC(C)(C)OC(O)N1C(C=O)C(c2ccccc2)OC1(C)C. The third-order valence-corrected chi connectivity index (χ3v) is 3.63. The van der Waals surface area contributed by atoms with E-state index in [1.807, 2.05) is 65.0 Å². The fourth-order valence-electron chi connectivity index (χ4n) is 2.78. The molecule has 122 valence electrons. The van der Waals surface area contributed by atoms with Crippen molar-refractivity contribution >= 4 is 6.29 Å². The summed E-state index contributed by atoms with van der Waals surface area (Å²) in [5.41, 5.74) is -0.456. The summed E-state index contributed by atoms with van der Waals surface area (Å²) in [5, 5.41) is 10.5. The number of aliphatic hydroxyl groups excluding tert-OH is 1. The zero-order chi connectivity index (χ0) is 16.5. The lowest BCUT2D eigenvalue weighted by atomic mass is 10.0. The number of nitrogens with zero attached hydrogens (tertiary/aromatic N) is 1. The molecular weight excluding hydrogens is 282 g/mol. The van der Waals surface area contributed by atoms with Crippen LogP contribution in [0, 0.1) is 0 Å². The number of carbonyl (C=O) groups is 1. The monoisotopic (exact) mass is 307 g/mol. The quantitative estimate of drug-likeness (QED) is 0.684. The van der Waals surface area contributed by atoms with Crippen LogP contribution >= 0.6 is 0 Å². The number of aliphatic hydroxyl groups is 1. The molecule has 1 fully saturated rings. The highest BCUT2D eigenvalue weighted by Gasteiger charge is 2.51. The predicted octanol–water partition coefficient (Wildman–Crippen LogP) is 2.45. The van der Waals surface area contributed by atoms with Crippen LogP contribution in [0.4, 0.5) is 0 Å². The van der Waals surface area contributed by atoms with Gasteiger partial charge in [-0.15, -0.1) is 0 Å². The first-order valence-electron chi connectivity index (χ1n) is 7.48. The van der Waals surface area contributed by atoms with Crippen molar-refractivity contribution in [2.24, 2.45) is 0 Å². The molecule has 0 bridgehead atoms. The number of rotatable bonds is 4. The zero-order valence-corrected chi connectivity index (χ0v) is 13.8. The second-order valence-electron chi connectivity index (χ2n) is 6.99. The molecule has 22 heavy (non-hydrogen) atoms. The standard InChI is InChI=1S/C17H25NO4/c1-16(2,3)22-15(20)18-13(11-19)14(21-17(18,4)5)12-9-7-6-8-10-12/h6-11,13-15,20H,1-5H3. The van der Waals surface area contributed by atoms with Crippen molar-refractivity contribution in [2.75, 3.05) is 0 Å². The van der Waals surface area contributed by atoms with Gasteiger partial charge in [0.25, 0.3) is 0 Å². The van der Waals surface area contributed by atoms with E-state index in [1.54, 1.807) is 4.90 Å². The Balaban J connectivity index is 2.31. The van der Waals surface area contributed by atoms with Gasteiger partial charge < -0.3 is 19.4 Å². The maximum atomic E-state index is 11.7. The topological polar surface area (TPSA) is 59.0 Å². The molecule has 0 spiro atoms. The number of hydrogen-bond acceptors (Lipinski definition) is 5. The molecule has 1 aromatic carbocycles. The van der Waals surface area contributed by atoms with Crippen LogP contribution in [0.1, 0.15) is 46.3 Å². The predicted molar refractivity (Wildman–Crippen MR) is 82.9 cm³/mol. The summed E-state index contributed by atoms with van der Waals surface area (Å²) in [6.45, 7) is 9.20. The fourth-order valence-corrected chi connectivity index (χ4v) is 2.78. The van der Waals surface area contributed by atoms with Gasteiger partial charge in [-0.05, 0) is 40.2 Å². The zero-order valence-electron chi connectivity index (χ0n) is 13.8. The molecule has 0 aromatic heterocycles. The largest absolute Gasteiger partial charge is 0.355 e. The van der Waals surface area contributed by atoms with Gasteiger partial charge in [0.1, 0.15) is 24.2 Å². The molecule has 0 saturated carbocycles. The lowest BCUT2D eigenvalue weighted by molar-refractivity contribution is -0.275. The van der Waals surface area contributed by atoms with Crippen LogP contribution in [-0.4, -0.2) is 40.1 Å². The van der Waals surface area contributed by atoms with Gasteiger partial charge in [0.2, 0.25) is 6.41 Å². The van der Waals surface area contributed by atoms with E-state index in [4.69, 9.17) is 9.47 Å². The third-order valence-electron chi connectivity index (χ3n) is 3.63. The van der Waals surface area contributed by atoms with Crippen LogP contribution in [0.5, 0.6) is 0 Å². The third kappa shape index (κ3) is 3.55. The first-order chi connectivity index (χ1) is 10.2. The highest BCUT2D eigenvalue weighted by Crippen LogP contribution is 2.41. The van der Waals surface area contributed by atoms with Crippen LogP contribution < -0.4 is 0 Å². The van der Waals surface area contributed by atoms with Crippen molar-refractivity contribution < 1.29 is 19.4 Å². The molecule has 3 unspecified atom stereocenters. The summed E-state index contributed by atoms with van der Waals surface area (Å²) < 4.78 is 11.7. The van der Waals surface area contributed by atoms with Crippen molar-refractivity contribution in [1.82, 2.24) is 4.90 Å². The van der Waals surface area contributed by atoms with Gasteiger partial charge in [-0.3, -0.25) is 0 Å². The van der Waals surface area contributed by atoms with Gasteiger partial charge in [0, 0.05) is 0 Å². The van der Waals surface area contributed by atoms with E-state index in [1.165, 1.54) is 0 Å². The van der Waals surface area contributed by atoms with Crippen LogP contribution in [0.25, 0.3) is 0 Å². The van der Waals surface area contributed by atoms with E-state index in [0.717, 1.165) is 11.8 Å². The van der Waals surface area contributed by atoms with Gasteiger partial charge in [-0.2, -0.15) is 0 Å². The van der Waals surface area contributed by atoms with E-state index < -0.39 is 29.9 Å². The molecule has 5 heteroatoms. The molecular formula is C17H25NO4. The van der Waals surface area contributed by atoms with Crippen molar-refractivity contribution in [1.29, 1.82) is 0 Å². The molecule has 1 saturated heterocycles. The van der Waals surface area contributed by atoms with Crippen molar-refractivity contribution in [3.63, 3.8) is 0 Å². The molecule has 0 aliphatic carbocycles. The Morgan fingerprint density at radius 3 is 2.41 bits per heavy atom. The average molecular weight is 307 g/mol. The number of hydrogen-bond donors (Lipinski definition) is 1. The van der Waals surface area contributed by atoms with E-state index in [-0.39, 0.29) is 0 Å². The van der Waals surface area contributed by atoms with E-state index in [0.29, 0.717) is 0 Å². The second-order valence-corrected chi connectivity index (χ2v) is 6.99. The molecule has 2 rings (SSSR count). The van der Waals surface area contributed by atoms with Crippen LogP contribution in [0.2, 0.25) is 0 Å². The highest BCUT2D eigenvalue weighted by atomic mass is 16.7. The number of carbonyl (C=O) groups excluding carboxylic acids is 1. The summed E-state index contributed by atoms with van der Waals surface area (Å²) in [5.74, 6) is 0. The lowest BCUT2D eigenvalue weighted by Gasteiger charge is -2.37. The Kier molecular flexibility index (Phi) is 4.73. The maximum absolute atomic E-state index is 11.7. The molecule has 1 aliphatic rings. The van der Waals surface area contributed by atoms with Crippen molar-refractivity contribution in [3.8, 4) is 0 Å². The van der Waals surface area contributed by atoms with Gasteiger partial charge in [0.05, 0.1) is 5.60 Å². The molecule has 3 atom stereocenters. The van der Waals surface area contributed by atoms with Crippen molar-refractivity contribution in [2.45, 2.75) is 64.5 Å². The van der Waals surface area contributed by atoms with Gasteiger partial charge in [0.15, 0.2) is 0 Å². The number of aldehydes is 1. The molecule has 1 aromatic rings. The van der Waals surface area contributed by atoms with E-state index in [9.17, 15) is 9.90 Å². The van der Waals surface area contributed by atoms with Gasteiger partial charge in [-0.1, -0.05) is 30.3 Å². The normalized spacial score (nSPS) is 26.8. The molecule has 0 amide bonds. The molecule has 1 N–H and O–H groups in total. The second kappa shape index (κ2) is 6.08. The lowest BCUT2D eigenvalue weighted by Crippen LogP contribution is -2.53. The molecule has 1 aliphatic heterocycles. The Bertz CT molecular complexity index is 509. The van der Waals surface area contributed by atoms with Crippen molar-refractivity contribution in [3.05, 3.63) is 35.9 Å². The summed E-state index contributed by atoms with van der Waals surface area (Å²) in [6, 6.07) is 8.93. The summed E-state index contributed by atoms with van der Waals surface area (Å²) >= 11 is 0. The summed E-state index contributed by atoms with van der Waals surface area (Å²) in [7, 11) is 0. The Morgan fingerprint density at radius 1 is 1.32 bits per heavy atom. The number of ether oxygens (including phenoxy) is 2. The minimum atomic E-state index is -1.22. The molecule has 1 heterocycles. The average Bonchev–Trinajstić information content (AvgIpc) is 2.68. The Hall–Kier alpha value is -1.27. The van der Waals surface area contributed by atoms with Crippen LogP contribution in [-0.2, 0) is 14.3 Å². The Morgan fingerprint density at radius 2 is 1.91 bits per heavy atom. The van der Waals surface area contributed by atoms with Crippen LogP contribution in [0.15, 0.2) is 30.3 Å². The smallest absolute Gasteiger partial charge is 0.219 e. The van der Waals surface area contributed by atoms with E-state index in [2.05, 4.69) is 0 Å². The molecule has 0 radical (unpaired) electrons. The fraction of sp³-hybridized carbons (Fsp3) is 0.588.